The normalized spacial score (nSPS) is 47.6. The third-order valence-corrected chi connectivity index (χ3v) is 6.33. The van der Waals surface area contributed by atoms with Crippen LogP contribution in [-0.4, -0.2) is 8.67 Å². The van der Waals surface area contributed by atoms with Gasteiger partial charge in [0.05, 0.1) is 0 Å². The lowest BCUT2D eigenvalue weighted by atomic mass is 9.94. The summed E-state index contributed by atoms with van der Waals surface area (Å²) < 4.78 is -1.03. The second kappa shape index (κ2) is 2.88. The van der Waals surface area contributed by atoms with Crippen LogP contribution in [0.3, 0.4) is 0 Å². The Balaban J connectivity index is 1.86. The van der Waals surface area contributed by atoms with Crippen LogP contribution in [-0.2, 0) is 0 Å². The molecule has 2 saturated carbocycles. The molecule has 0 aromatic rings. The lowest BCUT2D eigenvalue weighted by molar-refractivity contribution is 0.397. The summed E-state index contributed by atoms with van der Waals surface area (Å²) in [4.78, 5) is 0. The highest BCUT2D eigenvalue weighted by Gasteiger charge is 2.66. The molecule has 0 heterocycles. The summed E-state index contributed by atoms with van der Waals surface area (Å²) in [7, 11) is 0. The van der Waals surface area contributed by atoms with E-state index in [1.165, 1.54) is 0 Å². The Morgan fingerprint density at radius 2 is 1.00 bits per heavy atom. The minimum Gasteiger partial charge on any atom is -0.101 e. The first kappa shape index (κ1) is 11.6. The zero-order valence-electron chi connectivity index (χ0n) is 8.34. The Morgan fingerprint density at radius 1 is 0.786 bits per heavy atom. The van der Waals surface area contributed by atoms with E-state index in [2.05, 4.69) is 13.8 Å². The molecule has 2 aliphatic rings. The smallest absolute Gasteiger partial charge is 0.101 e. The van der Waals surface area contributed by atoms with Crippen LogP contribution in [0.5, 0.6) is 0 Å². The molecule has 0 spiro atoms. The van der Waals surface area contributed by atoms with Crippen LogP contribution in [0.2, 0.25) is 0 Å². The summed E-state index contributed by atoms with van der Waals surface area (Å²) in [6.07, 6.45) is 3.79. The Kier molecular flexibility index (Phi) is 2.40. The van der Waals surface area contributed by atoms with Gasteiger partial charge in [0, 0.05) is 10.8 Å². The zero-order valence-corrected chi connectivity index (χ0v) is 11.4. The van der Waals surface area contributed by atoms with E-state index in [4.69, 9.17) is 46.4 Å². The van der Waals surface area contributed by atoms with Gasteiger partial charge < -0.3 is 0 Å². The van der Waals surface area contributed by atoms with Crippen LogP contribution in [0.4, 0.5) is 0 Å². The van der Waals surface area contributed by atoms with E-state index in [1.807, 2.05) is 0 Å². The minimum absolute atomic E-state index is 0.0750. The number of hydrogen-bond donors (Lipinski definition) is 0. The van der Waals surface area contributed by atoms with Crippen LogP contribution in [0.25, 0.3) is 0 Å². The van der Waals surface area contributed by atoms with E-state index in [9.17, 15) is 0 Å². The zero-order chi connectivity index (χ0) is 10.8. The number of halogens is 4. The first-order valence-electron chi connectivity index (χ1n) is 4.88. The summed E-state index contributed by atoms with van der Waals surface area (Å²) in [6.45, 7) is 4.26. The van der Waals surface area contributed by atoms with Gasteiger partial charge in [-0.15, -0.1) is 46.4 Å². The van der Waals surface area contributed by atoms with Gasteiger partial charge in [-0.05, 0) is 25.7 Å². The van der Waals surface area contributed by atoms with Crippen LogP contribution < -0.4 is 0 Å². The van der Waals surface area contributed by atoms with Crippen molar-refractivity contribution < 1.29 is 0 Å². The van der Waals surface area contributed by atoms with Crippen molar-refractivity contribution in [3.05, 3.63) is 0 Å². The van der Waals surface area contributed by atoms with Crippen molar-refractivity contribution in [2.45, 2.75) is 48.2 Å². The molecule has 4 heteroatoms. The van der Waals surface area contributed by atoms with E-state index in [1.54, 1.807) is 0 Å². The Morgan fingerprint density at radius 3 is 1.14 bits per heavy atom. The highest BCUT2D eigenvalue weighted by Crippen LogP contribution is 2.71. The highest BCUT2D eigenvalue weighted by atomic mass is 35.5. The van der Waals surface area contributed by atoms with Gasteiger partial charge in [0.1, 0.15) is 8.67 Å². The predicted octanol–water partition coefficient (Wildman–Crippen LogP) is 4.93. The molecule has 14 heavy (non-hydrogen) atoms. The SMILES string of the molecule is C[C@]1(CC[C@]2(C)CC2(Cl)Cl)CC1(Cl)Cl. The highest BCUT2D eigenvalue weighted by molar-refractivity contribution is 6.52. The summed E-state index contributed by atoms with van der Waals surface area (Å²) in [5.41, 5.74) is 0.150. The summed E-state index contributed by atoms with van der Waals surface area (Å²) in [6, 6.07) is 0. The maximum atomic E-state index is 6.07. The molecular weight excluding hydrogens is 262 g/mol. The summed E-state index contributed by atoms with van der Waals surface area (Å²) >= 11 is 24.3. The van der Waals surface area contributed by atoms with Gasteiger partial charge >= 0.3 is 0 Å². The average Bonchev–Trinajstić information content (AvgIpc) is 2.66. The molecule has 2 fully saturated rings. The Labute approximate surface area is 105 Å². The third kappa shape index (κ3) is 1.67. The molecule has 0 nitrogen and oxygen atoms in total. The molecule has 0 aliphatic heterocycles. The van der Waals surface area contributed by atoms with E-state index < -0.39 is 8.67 Å². The van der Waals surface area contributed by atoms with E-state index in [0.717, 1.165) is 25.7 Å². The van der Waals surface area contributed by atoms with Crippen LogP contribution in [0.1, 0.15) is 39.5 Å². The molecule has 0 N–H and O–H groups in total. The fraction of sp³-hybridized carbons (Fsp3) is 1.00. The van der Waals surface area contributed by atoms with Gasteiger partial charge in [-0.25, -0.2) is 0 Å². The molecule has 0 amide bonds. The monoisotopic (exact) mass is 274 g/mol. The lowest BCUT2D eigenvalue weighted by Gasteiger charge is -2.16. The van der Waals surface area contributed by atoms with Crippen molar-refractivity contribution in [3.8, 4) is 0 Å². The second-order valence-electron chi connectivity index (χ2n) is 5.38. The maximum absolute atomic E-state index is 6.07. The molecule has 2 rings (SSSR count). The van der Waals surface area contributed by atoms with Gasteiger partial charge in [-0.3, -0.25) is 0 Å². The molecular formula is C10H14Cl4. The maximum Gasteiger partial charge on any atom is 0.124 e. The summed E-state index contributed by atoms with van der Waals surface area (Å²) in [5.74, 6) is 0. The summed E-state index contributed by atoms with van der Waals surface area (Å²) in [5, 5.41) is 0. The van der Waals surface area contributed by atoms with E-state index >= 15 is 0 Å². The molecule has 2 aliphatic carbocycles. The molecule has 0 aromatic heterocycles. The average molecular weight is 276 g/mol. The fourth-order valence-electron chi connectivity index (χ4n) is 1.99. The van der Waals surface area contributed by atoms with Gasteiger partial charge in [0.2, 0.25) is 0 Å². The van der Waals surface area contributed by atoms with Crippen molar-refractivity contribution in [1.29, 1.82) is 0 Å². The largest absolute Gasteiger partial charge is 0.124 e. The molecule has 0 unspecified atom stereocenters. The van der Waals surface area contributed by atoms with E-state index in [0.29, 0.717) is 0 Å². The third-order valence-electron chi connectivity index (χ3n) is 3.97. The molecule has 0 bridgehead atoms. The standard InChI is InChI=1S/C10H14Cl4/c1-7(5-9(7,11)12)3-4-8(2)6-10(8,13)14/h3-6H2,1-2H3/t7-,8+. The molecule has 0 saturated heterocycles. The van der Waals surface area contributed by atoms with Crippen molar-refractivity contribution in [3.63, 3.8) is 0 Å². The molecule has 2 atom stereocenters. The van der Waals surface area contributed by atoms with Gasteiger partial charge in [0.25, 0.3) is 0 Å². The first-order chi connectivity index (χ1) is 6.12. The quantitative estimate of drug-likeness (QED) is 0.641. The van der Waals surface area contributed by atoms with Crippen LogP contribution in [0.15, 0.2) is 0 Å². The van der Waals surface area contributed by atoms with Gasteiger partial charge in [0.15, 0.2) is 0 Å². The molecule has 82 valence electrons. The number of rotatable bonds is 3. The van der Waals surface area contributed by atoms with E-state index in [-0.39, 0.29) is 10.8 Å². The lowest BCUT2D eigenvalue weighted by Crippen LogP contribution is -2.10. The first-order valence-corrected chi connectivity index (χ1v) is 6.39. The van der Waals surface area contributed by atoms with Crippen molar-refractivity contribution in [1.82, 2.24) is 0 Å². The molecule has 0 radical (unpaired) electrons. The molecule has 0 aromatic carbocycles. The fourth-order valence-corrected chi connectivity index (χ4v) is 3.54. The predicted molar refractivity (Wildman–Crippen MR) is 63.6 cm³/mol. The van der Waals surface area contributed by atoms with Crippen molar-refractivity contribution >= 4 is 46.4 Å². The van der Waals surface area contributed by atoms with Crippen LogP contribution in [0, 0.1) is 10.8 Å². The van der Waals surface area contributed by atoms with Crippen molar-refractivity contribution in [2.24, 2.45) is 10.8 Å². The second-order valence-corrected chi connectivity index (χ2v) is 8.35. The van der Waals surface area contributed by atoms with Crippen molar-refractivity contribution in [2.75, 3.05) is 0 Å². The number of alkyl halides is 4. The Hall–Kier alpha value is 1.16. The minimum atomic E-state index is -0.514. The van der Waals surface area contributed by atoms with Gasteiger partial charge in [-0.2, -0.15) is 0 Å². The topological polar surface area (TPSA) is 0 Å². The Bertz CT molecular complexity index is 245. The van der Waals surface area contributed by atoms with Crippen LogP contribution >= 0.6 is 46.4 Å². The number of hydrogen-bond acceptors (Lipinski definition) is 0. The van der Waals surface area contributed by atoms with Gasteiger partial charge in [-0.1, -0.05) is 13.8 Å².